The summed E-state index contributed by atoms with van der Waals surface area (Å²) in [5.41, 5.74) is -0.0995. The predicted octanol–water partition coefficient (Wildman–Crippen LogP) is 1.74. The van der Waals surface area contributed by atoms with Crippen molar-refractivity contribution < 1.29 is 9.32 Å². The molecule has 88 valence electrons. The van der Waals surface area contributed by atoms with Crippen molar-refractivity contribution in [2.75, 3.05) is 5.32 Å². The second-order valence-corrected chi connectivity index (χ2v) is 6.03. The topological polar surface area (TPSA) is 55.1 Å². The Kier molecular flexibility index (Phi) is 3.17. The first kappa shape index (κ1) is 12.8. The molecule has 0 saturated heterocycles. The van der Waals surface area contributed by atoms with Gasteiger partial charge in [-0.2, -0.15) is 0 Å². The molecule has 1 rings (SSSR count). The monoisotopic (exact) mass is 222 g/mol. The molecule has 0 unspecified atom stereocenters. The standard InChI is InChI=1S/C11H19BN2O2/c1-10(2,3)7-6-8(14-16-7)13-9(15)11(4,5)12/h6H,12H2,1-5H3,(H,13,14,15). The van der Waals surface area contributed by atoms with E-state index in [1.54, 1.807) is 6.07 Å². The molecule has 1 N–H and O–H groups in total. The van der Waals surface area contributed by atoms with Crippen LogP contribution in [-0.2, 0) is 10.2 Å². The maximum Gasteiger partial charge on any atom is 0.223 e. The molecule has 16 heavy (non-hydrogen) atoms. The lowest BCUT2D eigenvalue weighted by Gasteiger charge is -2.16. The van der Waals surface area contributed by atoms with Crippen LogP contribution in [0.3, 0.4) is 0 Å². The highest BCUT2D eigenvalue weighted by atomic mass is 16.5. The maximum absolute atomic E-state index is 11.7. The summed E-state index contributed by atoms with van der Waals surface area (Å²) in [5, 5.41) is 6.13. The smallest absolute Gasteiger partial charge is 0.223 e. The number of nitrogens with one attached hydrogen (secondary N) is 1. The van der Waals surface area contributed by atoms with Gasteiger partial charge in [0.2, 0.25) is 5.91 Å². The van der Waals surface area contributed by atoms with E-state index in [1.165, 1.54) is 0 Å². The maximum atomic E-state index is 11.7. The Balaban J connectivity index is 2.78. The molecule has 4 nitrogen and oxygen atoms in total. The summed E-state index contributed by atoms with van der Waals surface area (Å²) in [5.74, 6) is 1.17. The number of anilines is 1. The normalized spacial score (nSPS) is 12.6. The quantitative estimate of drug-likeness (QED) is 0.775. The summed E-state index contributed by atoms with van der Waals surface area (Å²) >= 11 is 0. The van der Waals surface area contributed by atoms with E-state index < -0.39 is 5.31 Å². The summed E-state index contributed by atoms with van der Waals surface area (Å²) in [6.45, 7) is 9.80. The lowest BCUT2D eigenvalue weighted by Crippen LogP contribution is -2.25. The van der Waals surface area contributed by atoms with Gasteiger partial charge in [-0.3, -0.25) is 4.79 Å². The van der Waals surface area contributed by atoms with E-state index >= 15 is 0 Å². The van der Waals surface area contributed by atoms with Crippen LogP contribution in [0, 0.1) is 0 Å². The summed E-state index contributed by atoms with van der Waals surface area (Å²) in [4.78, 5) is 11.7. The molecule has 0 radical (unpaired) electrons. The van der Waals surface area contributed by atoms with Gasteiger partial charge in [0, 0.05) is 16.8 Å². The third-order valence-corrected chi connectivity index (χ3v) is 2.17. The second-order valence-electron chi connectivity index (χ2n) is 6.03. The van der Waals surface area contributed by atoms with E-state index in [9.17, 15) is 4.79 Å². The minimum atomic E-state index is -0.430. The Hall–Kier alpha value is -1.26. The third-order valence-electron chi connectivity index (χ3n) is 2.17. The molecule has 0 aliphatic rings. The average Bonchev–Trinajstić information content (AvgIpc) is 2.49. The predicted molar refractivity (Wildman–Crippen MR) is 66.4 cm³/mol. The van der Waals surface area contributed by atoms with Crippen molar-refractivity contribution in [3.8, 4) is 0 Å². The van der Waals surface area contributed by atoms with E-state index in [0.29, 0.717) is 5.82 Å². The van der Waals surface area contributed by atoms with Crippen molar-refractivity contribution in [3.05, 3.63) is 11.8 Å². The van der Waals surface area contributed by atoms with Crippen molar-refractivity contribution in [1.29, 1.82) is 0 Å². The van der Waals surface area contributed by atoms with Gasteiger partial charge in [0.05, 0.1) is 0 Å². The number of carbonyl (C=O) groups is 1. The molecule has 5 heteroatoms. The van der Waals surface area contributed by atoms with Gasteiger partial charge in [-0.25, -0.2) is 0 Å². The van der Waals surface area contributed by atoms with Crippen LogP contribution in [0.2, 0.25) is 5.31 Å². The Morgan fingerprint density at radius 3 is 2.31 bits per heavy atom. The summed E-state index contributed by atoms with van der Waals surface area (Å²) < 4.78 is 5.18. The van der Waals surface area contributed by atoms with Gasteiger partial charge in [-0.1, -0.05) is 39.8 Å². The minimum absolute atomic E-state index is 0.0683. The first-order valence-corrected chi connectivity index (χ1v) is 5.39. The van der Waals surface area contributed by atoms with E-state index in [4.69, 9.17) is 4.52 Å². The number of rotatable bonds is 2. The van der Waals surface area contributed by atoms with Crippen LogP contribution in [0.15, 0.2) is 10.6 Å². The molecule has 0 spiro atoms. The number of hydrogen-bond acceptors (Lipinski definition) is 3. The number of hydrogen-bond donors (Lipinski definition) is 1. The Labute approximate surface area is 97.2 Å². The highest BCUT2D eigenvalue weighted by molar-refractivity contribution is 6.29. The van der Waals surface area contributed by atoms with Crippen molar-refractivity contribution >= 4 is 19.6 Å². The molecule has 1 aromatic rings. The van der Waals surface area contributed by atoms with Crippen LogP contribution in [-0.4, -0.2) is 18.9 Å². The molecular formula is C11H19BN2O2. The van der Waals surface area contributed by atoms with Gasteiger partial charge in [0.25, 0.3) is 0 Å². The highest BCUT2D eigenvalue weighted by Crippen LogP contribution is 2.26. The van der Waals surface area contributed by atoms with Crippen LogP contribution >= 0.6 is 0 Å². The van der Waals surface area contributed by atoms with E-state index in [0.717, 1.165) is 5.76 Å². The third kappa shape index (κ3) is 3.12. The minimum Gasteiger partial charge on any atom is -0.359 e. The summed E-state index contributed by atoms with van der Waals surface area (Å²) in [6, 6.07) is 1.77. The molecule has 0 aromatic carbocycles. The van der Waals surface area contributed by atoms with Crippen LogP contribution < -0.4 is 5.32 Å². The summed E-state index contributed by atoms with van der Waals surface area (Å²) in [6.07, 6.45) is 0. The molecule has 0 fully saturated rings. The Morgan fingerprint density at radius 1 is 1.38 bits per heavy atom. The zero-order valence-corrected chi connectivity index (χ0v) is 10.8. The summed E-state index contributed by atoms with van der Waals surface area (Å²) in [7, 11) is 1.85. The van der Waals surface area contributed by atoms with Gasteiger partial charge in [-0.15, -0.1) is 0 Å². The largest absolute Gasteiger partial charge is 0.359 e. The van der Waals surface area contributed by atoms with Gasteiger partial charge in [0.15, 0.2) is 5.82 Å². The highest BCUT2D eigenvalue weighted by Gasteiger charge is 2.24. The molecule has 0 saturated carbocycles. The zero-order valence-electron chi connectivity index (χ0n) is 10.8. The van der Waals surface area contributed by atoms with Gasteiger partial charge in [0.1, 0.15) is 13.6 Å². The van der Waals surface area contributed by atoms with E-state index in [-0.39, 0.29) is 11.3 Å². The molecular weight excluding hydrogens is 203 g/mol. The van der Waals surface area contributed by atoms with Gasteiger partial charge in [-0.05, 0) is 0 Å². The van der Waals surface area contributed by atoms with E-state index in [1.807, 2.05) is 42.5 Å². The van der Waals surface area contributed by atoms with Crippen LogP contribution in [0.5, 0.6) is 0 Å². The lowest BCUT2D eigenvalue weighted by molar-refractivity contribution is -0.118. The van der Waals surface area contributed by atoms with Crippen molar-refractivity contribution in [3.63, 3.8) is 0 Å². The average molecular weight is 222 g/mol. The zero-order chi connectivity index (χ0) is 12.6. The number of amides is 1. The van der Waals surface area contributed by atoms with Crippen molar-refractivity contribution in [1.82, 2.24) is 5.16 Å². The fourth-order valence-corrected chi connectivity index (χ4v) is 0.991. The molecule has 1 aromatic heterocycles. The van der Waals surface area contributed by atoms with E-state index in [2.05, 4.69) is 10.5 Å². The second kappa shape index (κ2) is 3.96. The van der Waals surface area contributed by atoms with Crippen LogP contribution in [0.4, 0.5) is 5.82 Å². The molecule has 1 heterocycles. The lowest BCUT2D eigenvalue weighted by atomic mass is 9.72. The first-order chi connectivity index (χ1) is 7.10. The number of aromatic nitrogens is 1. The van der Waals surface area contributed by atoms with Crippen LogP contribution in [0.25, 0.3) is 0 Å². The molecule has 0 atom stereocenters. The fourth-order valence-electron chi connectivity index (χ4n) is 0.991. The molecule has 0 bridgehead atoms. The SMILES string of the molecule is BC(C)(C)C(=O)Nc1cc(C(C)(C)C)on1. The van der Waals surface area contributed by atoms with Crippen LogP contribution in [0.1, 0.15) is 40.4 Å². The van der Waals surface area contributed by atoms with Crippen molar-refractivity contribution in [2.45, 2.75) is 45.3 Å². The van der Waals surface area contributed by atoms with Gasteiger partial charge >= 0.3 is 0 Å². The molecule has 0 aliphatic carbocycles. The Morgan fingerprint density at radius 2 is 1.94 bits per heavy atom. The molecule has 0 aliphatic heterocycles. The van der Waals surface area contributed by atoms with Crippen molar-refractivity contribution in [2.24, 2.45) is 0 Å². The fraction of sp³-hybridized carbons (Fsp3) is 0.636. The Bertz CT molecular complexity index is 385. The molecule has 1 amide bonds. The first-order valence-electron chi connectivity index (χ1n) is 5.39. The van der Waals surface area contributed by atoms with Gasteiger partial charge < -0.3 is 9.84 Å². The number of nitrogens with zero attached hydrogens (tertiary/aromatic N) is 1. The number of carbonyl (C=O) groups excluding carboxylic acids is 1.